The molecule has 1 aromatic heterocycles. The largest absolute Gasteiger partial charge is 0.416 e. The highest BCUT2D eigenvalue weighted by Crippen LogP contribution is 2.36. The Kier molecular flexibility index (Phi) is 5.77. The monoisotopic (exact) mass is 400 g/mol. The maximum absolute atomic E-state index is 12.9. The molecule has 12 heteroatoms. The van der Waals surface area contributed by atoms with Gasteiger partial charge in [-0.05, 0) is 29.0 Å². The highest BCUT2D eigenvalue weighted by Gasteiger charge is 2.34. The van der Waals surface area contributed by atoms with Crippen LogP contribution in [0.5, 0.6) is 0 Å². The van der Waals surface area contributed by atoms with Crippen LogP contribution in [0, 0.1) is 10.1 Å². The van der Waals surface area contributed by atoms with Crippen molar-refractivity contribution in [3.8, 4) is 0 Å². The molecule has 3 rings (SSSR count). The minimum absolute atomic E-state index is 0.216. The molecule has 0 spiro atoms. The molecule has 2 heterocycles. The molecule has 1 saturated heterocycles. The van der Waals surface area contributed by atoms with E-state index < -0.39 is 22.4 Å². The number of quaternary nitrogens is 1. The molecule has 0 atom stereocenters. The third-order valence-electron chi connectivity index (χ3n) is 4.76. The zero-order valence-corrected chi connectivity index (χ0v) is 15.3. The number of nitrogens with zero attached hydrogens (tertiary/aromatic N) is 6. The fourth-order valence-corrected chi connectivity index (χ4v) is 3.31. The van der Waals surface area contributed by atoms with Gasteiger partial charge in [-0.2, -0.15) is 13.2 Å². The molecule has 1 N–H and O–H groups in total. The van der Waals surface area contributed by atoms with E-state index in [1.807, 2.05) is 6.92 Å². The van der Waals surface area contributed by atoms with E-state index in [4.69, 9.17) is 0 Å². The summed E-state index contributed by atoms with van der Waals surface area (Å²) in [6, 6.07) is 2.68. The van der Waals surface area contributed by atoms with E-state index in [1.165, 1.54) is 11.0 Å². The maximum Gasteiger partial charge on any atom is 0.416 e. The second-order valence-electron chi connectivity index (χ2n) is 6.69. The number of hydrogen-bond donors (Lipinski definition) is 1. The van der Waals surface area contributed by atoms with Crippen molar-refractivity contribution in [1.82, 2.24) is 20.2 Å². The van der Waals surface area contributed by atoms with Crippen LogP contribution in [0.15, 0.2) is 18.2 Å². The molecule has 1 aromatic carbocycles. The first-order valence-corrected chi connectivity index (χ1v) is 8.98. The number of halogens is 3. The zero-order chi connectivity index (χ0) is 20.3. The van der Waals surface area contributed by atoms with Crippen molar-refractivity contribution in [2.24, 2.45) is 0 Å². The Balaban J connectivity index is 1.69. The third-order valence-corrected chi connectivity index (χ3v) is 4.76. The topological polar surface area (TPSA) is 94.4 Å². The number of rotatable bonds is 6. The van der Waals surface area contributed by atoms with Gasteiger partial charge in [0.15, 0.2) is 0 Å². The number of alkyl halides is 3. The summed E-state index contributed by atoms with van der Waals surface area (Å²) in [6.07, 6.45) is -3.70. The van der Waals surface area contributed by atoms with Gasteiger partial charge in [0.2, 0.25) is 5.82 Å². The molecular weight excluding hydrogens is 379 g/mol. The number of nitrogens with one attached hydrogen (secondary N) is 1. The van der Waals surface area contributed by atoms with E-state index in [9.17, 15) is 23.3 Å². The van der Waals surface area contributed by atoms with Crippen molar-refractivity contribution in [2.45, 2.75) is 32.6 Å². The molecule has 9 nitrogen and oxygen atoms in total. The van der Waals surface area contributed by atoms with Crippen LogP contribution in [-0.2, 0) is 19.3 Å². The standard InChI is InChI=1S/C16H20F3N7O2/c1-2-5-25-15(20-21-22-25)11-23-6-8-24(9-7-23)13-4-3-12(16(17,18)19)10-14(13)26(27)28/h3-4,10H,2,5-9,11H2,1H3/p+1. The van der Waals surface area contributed by atoms with E-state index in [2.05, 4.69) is 15.5 Å². The van der Waals surface area contributed by atoms with E-state index in [0.717, 1.165) is 24.9 Å². The Labute approximate surface area is 158 Å². The Morgan fingerprint density at radius 1 is 1.29 bits per heavy atom. The normalized spacial score (nSPS) is 15.8. The minimum atomic E-state index is -4.62. The van der Waals surface area contributed by atoms with Crippen LogP contribution >= 0.6 is 0 Å². The van der Waals surface area contributed by atoms with Crippen LogP contribution in [0.25, 0.3) is 0 Å². The molecule has 0 aliphatic carbocycles. The lowest BCUT2D eigenvalue weighted by Crippen LogP contribution is -3.13. The quantitative estimate of drug-likeness (QED) is 0.572. The lowest BCUT2D eigenvalue weighted by atomic mass is 10.1. The van der Waals surface area contributed by atoms with Crippen LogP contribution in [0.2, 0.25) is 0 Å². The van der Waals surface area contributed by atoms with Gasteiger partial charge in [-0.1, -0.05) is 6.92 Å². The summed E-state index contributed by atoms with van der Waals surface area (Å²) >= 11 is 0. The van der Waals surface area contributed by atoms with E-state index in [0.29, 0.717) is 38.8 Å². The number of benzene rings is 1. The van der Waals surface area contributed by atoms with E-state index >= 15 is 0 Å². The summed E-state index contributed by atoms with van der Waals surface area (Å²) in [7, 11) is 0. The summed E-state index contributed by atoms with van der Waals surface area (Å²) in [5, 5.41) is 23.0. The highest BCUT2D eigenvalue weighted by molar-refractivity contribution is 5.64. The number of nitro benzene ring substituents is 1. The maximum atomic E-state index is 12.9. The van der Waals surface area contributed by atoms with Crippen LogP contribution < -0.4 is 9.80 Å². The first kappa shape index (κ1) is 20.0. The molecular formula is C16H21F3N7O2+. The molecule has 0 amide bonds. The molecule has 0 bridgehead atoms. The summed E-state index contributed by atoms with van der Waals surface area (Å²) in [5.74, 6) is 0.783. The fourth-order valence-electron chi connectivity index (χ4n) is 3.31. The van der Waals surface area contributed by atoms with Gasteiger partial charge >= 0.3 is 6.18 Å². The zero-order valence-electron chi connectivity index (χ0n) is 15.3. The summed E-state index contributed by atoms with van der Waals surface area (Å²) < 4.78 is 40.4. The number of piperazine rings is 1. The van der Waals surface area contributed by atoms with E-state index in [-0.39, 0.29) is 5.69 Å². The lowest BCUT2D eigenvalue weighted by molar-refractivity contribution is -0.915. The Morgan fingerprint density at radius 3 is 2.61 bits per heavy atom. The number of anilines is 1. The van der Waals surface area contributed by atoms with Crippen molar-refractivity contribution in [2.75, 3.05) is 31.1 Å². The number of tetrazole rings is 1. The van der Waals surface area contributed by atoms with Crippen LogP contribution in [0.3, 0.4) is 0 Å². The molecule has 1 fully saturated rings. The van der Waals surface area contributed by atoms with Gasteiger partial charge in [-0.3, -0.25) is 10.1 Å². The molecule has 28 heavy (non-hydrogen) atoms. The van der Waals surface area contributed by atoms with Gasteiger partial charge in [-0.25, -0.2) is 4.68 Å². The second-order valence-corrected chi connectivity index (χ2v) is 6.69. The van der Waals surface area contributed by atoms with Crippen molar-refractivity contribution in [3.63, 3.8) is 0 Å². The number of nitro groups is 1. The van der Waals surface area contributed by atoms with Gasteiger partial charge < -0.3 is 9.80 Å². The summed E-state index contributed by atoms with van der Waals surface area (Å²) in [5.41, 5.74) is -1.33. The van der Waals surface area contributed by atoms with Gasteiger partial charge in [-0.15, -0.1) is 5.10 Å². The molecule has 0 saturated carbocycles. The van der Waals surface area contributed by atoms with Gasteiger partial charge in [0.05, 0.1) is 36.7 Å². The van der Waals surface area contributed by atoms with Crippen molar-refractivity contribution in [1.29, 1.82) is 0 Å². The Bertz CT molecular complexity index is 832. The van der Waals surface area contributed by atoms with Crippen LogP contribution in [0.1, 0.15) is 24.7 Å². The van der Waals surface area contributed by atoms with E-state index in [1.54, 1.807) is 9.58 Å². The minimum Gasteiger partial charge on any atom is -0.355 e. The van der Waals surface area contributed by atoms with Crippen LogP contribution in [-0.4, -0.2) is 51.3 Å². The molecule has 1 aliphatic rings. The van der Waals surface area contributed by atoms with Crippen molar-refractivity contribution < 1.29 is 23.0 Å². The predicted octanol–water partition coefficient (Wildman–Crippen LogP) is 0.915. The molecule has 152 valence electrons. The predicted molar refractivity (Wildman–Crippen MR) is 92.8 cm³/mol. The van der Waals surface area contributed by atoms with Gasteiger partial charge in [0.1, 0.15) is 12.2 Å². The molecule has 2 aromatic rings. The highest BCUT2D eigenvalue weighted by atomic mass is 19.4. The lowest BCUT2D eigenvalue weighted by Gasteiger charge is -2.33. The molecule has 0 unspecified atom stereocenters. The average Bonchev–Trinajstić information content (AvgIpc) is 3.08. The second kappa shape index (κ2) is 8.09. The van der Waals surface area contributed by atoms with Crippen molar-refractivity contribution in [3.05, 3.63) is 39.7 Å². The number of aromatic nitrogens is 4. The molecule has 0 radical (unpaired) electrons. The smallest absolute Gasteiger partial charge is 0.355 e. The van der Waals surface area contributed by atoms with Crippen molar-refractivity contribution >= 4 is 11.4 Å². The van der Waals surface area contributed by atoms with Gasteiger partial charge in [0, 0.05) is 12.6 Å². The number of aryl methyl sites for hydroxylation is 1. The summed E-state index contributed by atoms with van der Waals surface area (Å²) in [6.45, 7) is 5.76. The number of hydrogen-bond acceptors (Lipinski definition) is 6. The average molecular weight is 400 g/mol. The fraction of sp³-hybridized carbons (Fsp3) is 0.562. The SMILES string of the molecule is CCCn1nnnc1C[NH+]1CCN(c2ccc(C(F)(F)F)cc2[N+](=O)[O-])CC1. The Morgan fingerprint density at radius 2 is 2.00 bits per heavy atom. The summed E-state index contributed by atoms with van der Waals surface area (Å²) in [4.78, 5) is 13.5. The third kappa shape index (κ3) is 4.38. The van der Waals surface area contributed by atoms with Crippen LogP contribution in [0.4, 0.5) is 24.5 Å². The molecule has 1 aliphatic heterocycles. The first-order chi connectivity index (χ1) is 13.3. The van der Waals surface area contributed by atoms with Gasteiger partial charge in [0.25, 0.3) is 5.69 Å². The Hall–Kier alpha value is -2.76. The first-order valence-electron chi connectivity index (χ1n) is 8.98.